The third-order valence-corrected chi connectivity index (χ3v) is 5.02. The lowest BCUT2D eigenvalue weighted by Crippen LogP contribution is -2.24. The predicted molar refractivity (Wildman–Crippen MR) is 103 cm³/mol. The van der Waals surface area contributed by atoms with Gasteiger partial charge in [-0.2, -0.15) is 0 Å². The Morgan fingerprint density at radius 1 is 0.760 bits per heavy atom. The molecule has 3 aromatic rings. The summed E-state index contributed by atoms with van der Waals surface area (Å²) in [5.41, 5.74) is 1.31. The molecule has 0 heterocycles. The number of hydrogen-bond acceptors (Lipinski definition) is 2. The molecule has 25 heavy (non-hydrogen) atoms. The molecule has 0 fully saturated rings. The van der Waals surface area contributed by atoms with E-state index >= 15 is 0 Å². The first kappa shape index (κ1) is 17.5. The van der Waals surface area contributed by atoms with E-state index in [2.05, 4.69) is 13.0 Å². The average Bonchev–Trinajstić information content (AvgIpc) is 2.64. The van der Waals surface area contributed by atoms with Crippen LogP contribution in [0.15, 0.2) is 48.5 Å². The Labute approximate surface area is 149 Å². The quantitative estimate of drug-likeness (QED) is 0.417. The van der Waals surface area contributed by atoms with Crippen LogP contribution in [0.2, 0.25) is 0 Å². The van der Waals surface area contributed by atoms with Gasteiger partial charge in [-0.3, -0.25) is 0 Å². The highest BCUT2D eigenvalue weighted by Crippen LogP contribution is 2.33. The summed E-state index contributed by atoms with van der Waals surface area (Å²) in [6.45, 7) is 2.22. The van der Waals surface area contributed by atoms with E-state index in [9.17, 15) is 9.90 Å². The van der Waals surface area contributed by atoms with E-state index in [1.165, 1.54) is 25.7 Å². The monoisotopic (exact) mass is 333 g/mol. The summed E-state index contributed by atoms with van der Waals surface area (Å²) in [4.78, 5) is 11.9. The van der Waals surface area contributed by atoms with Gasteiger partial charge in [0.15, 0.2) is 0 Å². The molecule has 0 bridgehead atoms. The van der Waals surface area contributed by atoms with Crippen LogP contribution in [0.1, 0.15) is 61.4 Å². The molecule has 0 aliphatic carbocycles. The van der Waals surface area contributed by atoms with Gasteiger partial charge in [0.1, 0.15) is 0 Å². The zero-order valence-corrected chi connectivity index (χ0v) is 14.9. The van der Waals surface area contributed by atoms with E-state index in [0.717, 1.165) is 46.4 Å². The van der Waals surface area contributed by atoms with E-state index in [-0.39, 0.29) is 0 Å². The Morgan fingerprint density at radius 3 is 1.92 bits per heavy atom. The number of carboxylic acid groups (broad SMARTS) is 1. The minimum Gasteiger partial charge on any atom is -0.545 e. The minimum atomic E-state index is -1.07. The third-order valence-electron chi connectivity index (χ3n) is 5.02. The van der Waals surface area contributed by atoms with Crippen LogP contribution in [-0.2, 0) is 6.42 Å². The van der Waals surface area contributed by atoms with Crippen molar-refractivity contribution in [2.75, 3.05) is 0 Å². The lowest BCUT2D eigenvalue weighted by molar-refractivity contribution is -0.254. The Balaban J connectivity index is 2.02. The number of rotatable bonds is 8. The molecule has 0 spiro atoms. The highest BCUT2D eigenvalue weighted by atomic mass is 16.4. The second kappa shape index (κ2) is 8.15. The molecule has 0 aromatic heterocycles. The average molecular weight is 333 g/mol. The third kappa shape index (κ3) is 3.68. The Kier molecular flexibility index (Phi) is 5.70. The lowest BCUT2D eigenvalue weighted by Gasteiger charge is -2.18. The zero-order valence-electron chi connectivity index (χ0n) is 14.9. The maximum atomic E-state index is 11.9. The molecule has 0 N–H and O–H groups in total. The summed E-state index contributed by atoms with van der Waals surface area (Å²) in [5, 5.41) is 15.9. The molecule has 0 atom stereocenters. The fraction of sp³-hybridized carbons (Fsp3) is 0.348. The fourth-order valence-electron chi connectivity index (χ4n) is 3.79. The first-order valence-electron chi connectivity index (χ1n) is 9.37. The first-order chi connectivity index (χ1) is 12.2. The normalized spacial score (nSPS) is 11.2. The molecular formula is C23H25O2-. The first-order valence-corrected chi connectivity index (χ1v) is 9.37. The standard InChI is InChI=1S/C23H26O2/c1-2-3-4-5-6-7-15-20-18-13-9-8-12-17(18)19-14-10-11-16-21(19)22(20)23(24)25/h8-14,16H,2-7,15H2,1H3,(H,24,25)/p-1. The van der Waals surface area contributed by atoms with Gasteiger partial charge >= 0.3 is 0 Å². The van der Waals surface area contributed by atoms with Crippen molar-refractivity contribution in [2.24, 2.45) is 0 Å². The number of fused-ring (bicyclic) bond motifs is 3. The van der Waals surface area contributed by atoms with Crippen LogP contribution in [0.5, 0.6) is 0 Å². The second-order valence-corrected chi connectivity index (χ2v) is 6.75. The number of carbonyl (C=O) groups excluding carboxylic acids is 1. The molecule has 2 nitrogen and oxygen atoms in total. The van der Waals surface area contributed by atoms with Gasteiger partial charge in [0, 0.05) is 5.56 Å². The number of unbranched alkanes of at least 4 members (excludes halogenated alkanes) is 5. The molecule has 0 saturated heterocycles. The maximum absolute atomic E-state index is 11.9. The second-order valence-electron chi connectivity index (χ2n) is 6.75. The lowest BCUT2D eigenvalue weighted by atomic mass is 9.89. The number of aromatic carboxylic acids is 1. The zero-order chi connectivity index (χ0) is 17.6. The molecule has 0 radical (unpaired) electrons. The SMILES string of the molecule is CCCCCCCCc1c(C(=O)[O-])c2ccccc2c2ccccc12. The van der Waals surface area contributed by atoms with E-state index in [1.54, 1.807) is 0 Å². The molecule has 2 heteroatoms. The molecule has 3 aromatic carbocycles. The summed E-state index contributed by atoms with van der Waals surface area (Å²) in [6.07, 6.45) is 7.97. The Morgan fingerprint density at radius 2 is 1.28 bits per heavy atom. The van der Waals surface area contributed by atoms with Gasteiger partial charge in [-0.25, -0.2) is 0 Å². The number of benzene rings is 3. The van der Waals surface area contributed by atoms with Crippen molar-refractivity contribution in [3.8, 4) is 0 Å². The van der Waals surface area contributed by atoms with Crippen molar-refractivity contribution in [1.29, 1.82) is 0 Å². The van der Waals surface area contributed by atoms with Crippen molar-refractivity contribution >= 4 is 27.5 Å². The summed E-state index contributed by atoms with van der Waals surface area (Å²) in [7, 11) is 0. The van der Waals surface area contributed by atoms with Gasteiger partial charge in [0.05, 0.1) is 5.97 Å². The molecule has 0 unspecified atom stereocenters. The van der Waals surface area contributed by atoms with E-state index in [0.29, 0.717) is 5.56 Å². The number of aryl methyl sites for hydroxylation is 1. The molecule has 0 saturated carbocycles. The van der Waals surface area contributed by atoms with E-state index in [4.69, 9.17) is 0 Å². The van der Waals surface area contributed by atoms with Crippen LogP contribution in [0, 0.1) is 0 Å². The molecule has 130 valence electrons. The van der Waals surface area contributed by atoms with Gasteiger partial charge in [0.2, 0.25) is 0 Å². The van der Waals surface area contributed by atoms with Gasteiger partial charge < -0.3 is 9.90 Å². The summed E-state index contributed by atoms with van der Waals surface area (Å²) < 4.78 is 0. The van der Waals surface area contributed by atoms with Crippen molar-refractivity contribution in [2.45, 2.75) is 51.9 Å². The van der Waals surface area contributed by atoms with Crippen LogP contribution in [0.3, 0.4) is 0 Å². The molecule has 0 amide bonds. The highest BCUT2D eigenvalue weighted by Gasteiger charge is 2.14. The summed E-state index contributed by atoms with van der Waals surface area (Å²) in [5.74, 6) is -1.07. The fourth-order valence-corrected chi connectivity index (χ4v) is 3.79. The van der Waals surface area contributed by atoms with Crippen molar-refractivity contribution in [1.82, 2.24) is 0 Å². The van der Waals surface area contributed by atoms with Gasteiger partial charge in [-0.15, -0.1) is 0 Å². The molecule has 3 rings (SSSR count). The minimum absolute atomic E-state index is 0.378. The maximum Gasteiger partial charge on any atom is 0.0724 e. The van der Waals surface area contributed by atoms with Crippen LogP contribution < -0.4 is 5.11 Å². The van der Waals surface area contributed by atoms with E-state index < -0.39 is 5.97 Å². The van der Waals surface area contributed by atoms with Crippen LogP contribution in [-0.4, -0.2) is 5.97 Å². The molecule has 0 aliphatic rings. The molecular weight excluding hydrogens is 308 g/mol. The largest absolute Gasteiger partial charge is 0.545 e. The Bertz CT molecular complexity index is 880. The predicted octanol–water partition coefficient (Wildman–Crippen LogP) is 5.26. The van der Waals surface area contributed by atoms with Gasteiger partial charge in [-0.05, 0) is 39.9 Å². The summed E-state index contributed by atoms with van der Waals surface area (Å²) >= 11 is 0. The Hall–Kier alpha value is -2.35. The van der Waals surface area contributed by atoms with E-state index in [1.807, 2.05) is 42.5 Å². The number of carboxylic acids is 1. The highest BCUT2D eigenvalue weighted by molar-refractivity contribution is 6.17. The smallest absolute Gasteiger partial charge is 0.0724 e. The number of hydrogen-bond donors (Lipinski definition) is 0. The van der Waals surface area contributed by atoms with Crippen molar-refractivity contribution in [3.05, 3.63) is 59.7 Å². The summed E-state index contributed by atoms with van der Waals surface area (Å²) in [6, 6.07) is 15.9. The number of carbonyl (C=O) groups is 1. The van der Waals surface area contributed by atoms with Crippen LogP contribution in [0.4, 0.5) is 0 Å². The topological polar surface area (TPSA) is 40.1 Å². The van der Waals surface area contributed by atoms with Crippen molar-refractivity contribution in [3.63, 3.8) is 0 Å². The van der Waals surface area contributed by atoms with Crippen molar-refractivity contribution < 1.29 is 9.90 Å². The van der Waals surface area contributed by atoms with Crippen LogP contribution in [0.25, 0.3) is 21.5 Å². The molecule has 0 aliphatic heterocycles. The van der Waals surface area contributed by atoms with Crippen LogP contribution >= 0.6 is 0 Å². The van der Waals surface area contributed by atoms with Gasteiger partial charge in [0.25, 0.3) is 0 Å². The van der Waals surface area contributed by atoms with Gasteiger partial charge in [-0.1, -0.05) is 87.6 Å².